The Morgan fingerprint density at radius 3 is 2.02 bits per heavy atom. The van der Waals surface area contributed by atoms with Crippen LogP contribution >= 0.6 is 0 Å². The number of carboxylic acid groups (broad SMARTS) is 1. The van der Waals surface area contributed by atoms with E-state index in [1.807, 2.05) is 32.9 Å². The van der Waals surface area contributed by atoms with Crippen molar-refractivity contribution in [3.05, 3.63) is 123 Å². The summed E-state index contributed by atoms with van der Waals surface area (Å²) >= 11 is 0. The van der Waals surface area contributed by atoms with Gasteiger partial charge in [-0.15, -0.1) is 0 Å². The molecule has 56 heavy (non-hydrogen) atoms. The average molecular weight is 803 g/mol. The van der Waals surface area contributed by atoms with Gasteiger partial charge in [-0.1, -0.05) is 57.2 Å². The van der Waals surface area contributed by atoms with Crippen LogP contribution in [0, 0.1) is 34.9 Å². The lowest BCUT2D eigenvalue weighted by Gasteiger charge is -2.30. The number of anilines is 1. The topological polar surface area (TPSA) is 104 Å². The molecule has 0 radical (unpaired) electrons. The number of hydrogen-bond acceptors (Lipinski definition) is 5. The number of aromatic carboxylic acids is 1. The molecule has 0 heterocycles. The van der Waals surface area contributed by atoms with Gasteiger partial charge in [0.25, 0.3) is 0 Å². The van der Waals surface area contributed by atoms with Gasteiger partial charge in [0.05, 0.1) is 30.4 Å². The molecule has 0 saturated heterocycles. The van der Waals surface area contributed by atoms with Crippen LogP contribution in [-0.2, 0) is 33.3 Å². The first-order valence-corrected chi connectivity index (χ1v) is 19.5. The molecule has 2 aliphatic carbocycles. The van der Waals surface area contributed by atoms with Crippen LogP contribution in [0.2, 0.25) is 0 Å². The summed E-state index contributed by atoms with van der Waals surface area (Å²) in [5, 5.41) is 9.84. The van der Waals surface area contributed by atoms with Crippen LogP contribution in [0.25, 0.3) is 0 Å². The van der Waals surface area contributed by atoms with E-state index in [4.69, 9.17) is 4.74 Å². The monoisotopic (exact) mass is 802 g/mol. The van der Waals surface area contributed by atoms with Gasteiger partial charge in [0, 0.05) is 12.1 Å². The number of carboxylic acids is 1. The minimum absolute atomic E-state index is 0.0113. The highest BCUT2D eigenvalue weighted by Gasteiger charge is 2.39. The fraction of sp³-hybridized carbons (Fsp3) is 0.366. The van der Waals surface area contributed by atoms with E-state index < -0.39 is 74.8 Å². The number of sulfonamides is 1. The molecule has 4 aromatic rings. The van der Waals surface area contributed by atoms with Crippen molar-refractivity contribution in [3.63, 3.8) is 0 Å². The second kappa shape index (κ2) is 15.9. The summed E-state index contributed by atoms with van der Waals surface area (Å²) in [5.41, 5.74) is 1.69. The number of halogens is 6. The molecule has 0 spiro atoms. The van der Waals surface area contributed by atoms with Crippen molar-refractivity contribution in [2.24, 2.45) is 0 Å². The second-order valence-corrected chi connectivity index (χ2v) is 17.1. The molecular weight excluding hydrogens is 763 g/mol. The fourth-order valence-corrected chi connectivity index (χ4v) is 8.23. The Morgan fingerprint density at radius 2 is 1.43 bits per heavy atom. The summed E-state index contributed by atoms with van der Waals surface area (Å²) in [6.45, 7) is 3.45. The average Bonchev–Trinajstić information content (AvgIpc) is 3.88. The van der Waals surface area contributed by atoms with Gasteiger partial charge in [-0.05, 0) is 90.8 Å². The minimum Gasteiger partial charge on any atom is -0.488 e. The van der Waals surface area contributed by atoms with Crippen LogP contribution in [0.1, 0.15) is 97.8 Å². The number of benzene rings is 4. The van der Waals surface area contributed by atoms with Gasteiger partial charge in [-0.2, -0.15) is 4.31 Å². The molecule has 6 rings (SSSR count). The van der Waals surface area contributed by atoms with E-state index in [2.05, 4.69) is 6.07 Å². The highest BCUT2D eigenvalue weighted by atomic mass is 32.2. The lowest BCUT2D eigenvalue weighted by atomic mass is 9.84. The van der Waals surface area contributed by atoms with Gasteiger partial charge in [-0.3, -0.25) is 4.79 Å². The molecule has 2 fully saturated rings. The number of nitrogens with zero attached hydrogens (tertiary/aromatic N) is 2. The molecule has 1 N–H and O–H groups in total. The van der Waals surface area contributed by atoms with Gasteiger partial charge in [0.2, 0.25) is 21.7 Å². The number of carbonyl (C=O) groups excluding carboxylic acids is 1. The Hall–Kier alpha value is -4.89. The molecule has 15 heteroatoms. The number of amides is 1. The van der Waals surface area contributed by atoms with Crippen LogP contribution in [0.15, 0.2) is 65.6 Å². The maximum absolute atomic E-state index is 15.2. The summed E-state index contributed by atoms with van der Waals surface area (Å²) in [6, 6.07) is 14.3. The molecule has 2 aliphatic rings. The predicted molar refractivity (Wildman–Crippen MR) is 195 cm³/mol. The largest absolute Gasteiger partial charge is 0.488 e. The molecule has 8 nitrogen and oxygen atoms in total. The molecule has 4 aromatic carbocycles. The summed E-state index contributed by atoms with van der Waals surface area (Å²) in [6.07, 6.45) is 4.52. The molecule has 0 bridgehead atoms. The molecule has 0 unspecified atom stereocenters. The molecule has 1 amide bonds. The maximum atomic E-state index is 15.2. The van der Waals surface area contributed by atoms with Crippen molar-refractivity contribution in [1.82, 2.24) is 4.31 Å². The third-order valence-corrected chi connectivity index (χ3v) is 11.9. The van der Waals surface area contributed by atoms with Crippen LogP contribution in [0.5, 0.6) is 5.75 Å². The lowest BCUT2D eigenvalue weighted by molar-refractivity contribution is -0.119. The van der Waals surface area contributed by atoms with Crippen molar-refractivity contribution in [1.29, 1.82) is 0 Å². The quantitative estimate of drug-likeness (QED) is 0.0822. The van der Waals surface area contributed by atoms with Crippen LogP contribution in [0.4, 0.5) is 32.0 Å². The van der Waals surface area contributed by atoms with Gasteiger partial charge >= 0.3 is 5.97 Å². The fourth-order valence-electron chi connectivity index (χ4n) is 6.75. The highest BCUT2D eigenvalue weighted by molar-refractivity contribution is 7.89. The zero-order chi connectivity index (χ0) is 40.7. The van der Waals surface area contributed by atoms with Gasteiger partial charge in [-0.25, -0.2) is 39.6 Å². The van der Waals surface area contributed by atoms with Gasteiger partial charge < -0.3 is 14.7 Å². The minimum atomic E-state index is -5.79. The first-order chi connectivity index (χ1) is 26.4. The molecule has 0 aliphatic heterocycles. The summed E-state index contributed by atoms with van der Waals surface area (Å²) in [7, 11) is -5.79. The molecular formula is C41H40F6N2O6S. The second-order valence-electron chi connectivity index (χ2n) is 15.2. The standard InChI is InChI=1S/C41H40F6N2O6S/c1-41(2,3)28-17-23(16-27(18-28)24-12-13-24)20-49(31-15-14-25(40(51)52)19-32(31)55-29-9-5-6-10-29)33(50)22-48(21-26-8-4-7-11-30(26)42)56(53,54)39-37(46)35(44)34(43)36(45)38(39)47/h4,7-8,11,14-19,24,29H,5-6,9-10,12-13,20-22H2,1-3H3,(H,51,52). The number of ether oxygens (including phenoxy) is 1. The molecule has 0 aromatic heterocycles. The lowest BCUT2D eigenvalue weighted by Crippen LogP contribution is -2.43. The van der Waals surface area contributed by atoms with Crippen LogP contribution in [0.3, 0.4) is 0 Å². The Kier molecular flexibility index (Phi) is 11.6. The van der Waals surface area contributed by atoms with Crippen molar-refractivity contribution in [2.45, 2.75) is 94.7 Å². The Bertz CT molecular complexity index is 2260. The van der Waals surface area contributed by atoms with E-state index in [9.17, 15) is 36.3 Å². The Balaban J connectivity index is 1.51. The first-order valence-electron chi connectivity index (χ1n) is 18.1. The van der Waals surface area contributed by atoms with E-state index in [1.165, 1.54) is 30.3 Å². The predicted octanol–water partition coefficient (Wildman–Crippen LogP) is 9.14. The summed E-state index contributed by atoms with van der Waals surface area (Å²) in [4.78, 5) is 25.7. The highest BCUT2D eigenvalue weighted by Crippen LogP contribution is 2.43. The summed E-state index contributed by atoms with van der Waals surface area (Å²) < 4.78 is 123. The van der Waals surface area contributed by atoms with E-state index in [1.54, 1.807) is 0 Å². The normalized spacial score (nSPS) is 15.0. The molecule has 0 atom stereocenters. The zero-order valence-electron chi connectivity index (χ0n) is 30.9. The number of carbonyl (C=O) groups is 2. The third-order valence-electron chi connectivity index (χ3n) is 10.0. The van der Waals surface area contributed by atoms with E-state index in [0.29, 0.717) is 18.4 Å². The van der Waals surface area contributed by atoms with Gasteiger partial charge in [0.1, 0.15) is 11.6 Å². The van der Waals surface area contributed by atoms with Crippen molar-refractivity contribution in [3.8, 4) is 5.75 Å². The Morgan fingerprint density at radius 1 is 0.804 bits per heavy atom. The van der Waals surface area contributed by atoms with Gasteiger partial charge in [0.15, 0.2) is 28.2 Å². The molecule has 298 valence electrons. The van der Waals surface area contributed by atoms with Crippen LogP contribution in [-0.4, -0.2) is 42.4 Å². The van der Waals surface area contributed by atoms with Crippen molar-refractivity contribution in [2.75, 3.05) is 11.4 Å². The van der Waals surface area contributed by atoms with Crippen molar-refractivity contribution >= 4 is 27.6 Å². The van der Waals surface area contributed by atoms with Crippen molar-refractivity contribution < 1.29 is 54.2 Å². The number of hydrogen-bond donors (Lipinski definition) is 1. The van der Waals surface area contributed by atoms with E-state index in [0.717, 1.165) is 53.8 Å². The first kappa shape index (κ1) is 40.8. The maximum Gasteiger partial charge on any atom is 0.335 e. The van der Waals surface area contributed by atoms with Crippen LogP contribution < -0.4 is 9.64 Å². The molecule has 2 saturated carbocycles. The third kappa shape index (κ3) is 8.58. The smallest absolute Gasteiger partial charge is 0.335 e. The SMILES string of the molecule is CC(C)(C)c1cc(CN(C(=O)CN(Cc2ccccc2F)S(=O)(=O)c2c(F)c(F)c(F)c(F)c2F)c2ccc(C(=O)O)cc2OC2CCCC2)cc(C2CC2)c1. The summed E-state index contributed by atoms with van der Waals surface area (Å²) in [5.74, 6) is -16.0. The van der Waals surface area contributed by atoms with E-state index in [-0.39, 0.29) is 50.9 Å². The Labute approximate surface area is 320 Å². The van der Waals surface area contributed by atoms with E-state index >= 15 is 13.2 Å². The zero-order valence-corrected chi connectivity index (χ0v) is 31.7. The number of rotatable bonds is 13.